The molecule has 3 rings (SSSR count). The van der Waals surface area contributed by atoms with E-state index in [-0.39, 0.29) is 6.10 Å². The number of para-hydroxylation sites is 1. The Morgan fingerprint density at radius 1 is 1.30 bits per heavy atom. The quantitative estimate of drug-likeness (QED) is 0.770. The van der Waals surface area contributed by atoms with Crippen LogP contribution in [-0.2, 0) is 9.53 Å². The molecule has 1 aromatic carbocycles. The zero-order valence-electron chi connectivity index (χ0n) is 11.5. The monoisotopic (exact) mass is 274 g/mol. The van der Waals surface area contributed by atoms with Crippen molar-refractivity contribution in [2.45, 2.75) is 13.0 Å². The number of rotatable bonds is 3. The van der Waals surface area contributed by atoms with Crippen LogP contribution in [0.15, 0.2) is 24.3 Å². The fourth-order valence-electron chi connectivity index (χ4n) is 2.81. The van der Waals surface area contributed by atoms with E-state index >= 15 is 0 Å². The molecule has 2 heterocycles. The number of Topliss-reactive ketones (excluding diaryl/α,β-unsaturated/α-hetero) is 1. The van der Waals surface area contributed by atoms with Crippen molar-refractivity contribution in [1.29, 1.82) is 0 Å². The highest BCUT2D eigenvalue weighted by molar-refractivity contribution is 6.52. The molecule has 1 fully saturated rings. The minimum atomic E-state index is -0.441. The van der Waals surface area contributed by atoms with E-state index in [1.165, 1.54) is 0 Å². The van der Waals surface area contributed by atoms with Crippen molar-refractivity contribution in [2.24, 2.45) is 0 Å². The number of fused-ring (bicyclic) bond motifs is 1. The molecule has 0 N–H and O–H groups in total. The van der Waals surface area contributed by atoms with Gasteiger partial charge in [0.1, 0.15) is 0 Å². The molecule has 0 saturated carbocycles. The first-order valence-electron chi connectivity index (χ1n) is 7.00. The highest BCUT2D eigenvalue weighted by Gasteiger charge is 2.37. The van der Waals surface area contributed by atoms with Crippen LogP contribution >= 0.6 is 0 Å². The van der Waals surface area contributed by atoms with Crippen molar-refractivity contribution in [3.8, 4) is 0 Å². The molecule has 2 aliphatic rings. The topological polar surface area (TPSA) is 49.9 Å². The lowest BCUT2D eigenvalue weighted by Crippen LogP contribution is -2.48. The van der Waals surface area contributed by atoms with Crippen LogP contribution in [0.5, 0.6) is 0 Å². The molecule has 1 amide bonds. The maximum atomic E-state index is 12.1. The van der Waals surface area contributed by atoms with E-state index in [2.05, 4.69) is 11.8 Å². The maximum absolute atomic E-state index is 12.1. The Labute approximate surface area is 118 Å². The van der Waals surface area contributed by atoms with Gasteiger partial charge in [-0.15, -0.1) is 0 Å². The van der Waals surface area contributed by atoms with Crippen LogP contribution in [-0.4, -0.2) is 55.5 Å². The lowest BCUT2D eigenvalue weighted by atomic mass is 10.1. The van der Waals surface area contributed by atoms with Crippen molar-refractivity contribution in [3.63, 3.8) is 0 Å². The fraction of sp³-hybridized carbons (Fsp3) is 0.467. The summed E-state index contributed by atoms with van der Waals surface area (Å²) in [6.45, 7) is 5.94. The smallest absolute Gasteiger partial charge is 0.299 e. The van der Waals surface area contributed by atoms with Gasteiger partial charge < -0.3 is 9.64 Å². The first-order chi connectivity index (χ1) is 9.70. The Morgan fingerprint density at radius 3 is 2.90 bits per heavy atom. The molecule has 0 radical (unpaired) electrons. The van der Waals surface area contributed by atoms with E-state index in [1.54, 1.807) is 17.0 Å². The molecule has 5 nitrogen and oxygen atoms in total. The molecule has 1 atom stereocenters. The molecule has 5 heteroatoms. The number of benzene rings is 1. The van der Waals surface area contributed by atoms with Crippen LogP contribution < -0.4 is 4.90 Å². The molecule has 1 saturated heterocycles. The minimum Gasteiger partial charge on any atom is -0.374 e. The van der Waals surface area contributed by atoms with E-state index in [1.807, 2.05) is 12.1 Å². The Hall–Kier alpha value is -1.72. The highest BCUT2D eigenvalue weighted by Crippen LogP contribution is 2.29. The third-order valence-electron chi connectivity index (χ3n) is 3.94. The molecule has 1 aromatic rings. The summed E-state index contributed by atoms with van der Waals surface area (Å²) in [5, 5.41) is 0. The van der Waals surface area contributed by atoms with Gasteiger partial charge in [0.15, 0.2) is 0 Å². The first kappa shape index (κ1) is 13.3. The number of likely N-dealkylation sites (N-methyl/N-ethyl adjacent to an activating group) is 1. The number of amides is 1. The lowest BCUT2D eigenvalue weighted by Gasteiger charge is -2.34. The first-order valence-corrected chi connectivity index (χ1v) is 7.00. The summed E-state index contributed by atoms with van der Waals surface area (Å²) in [6, 6.07) is 7.15. The van der Waals surface area contributed by atoms with Gasteiger partial charge >= 0.3 is 0 Å². The minimum absolute atomic E-state index is 0.0355. The van der Waals surface area contributed by atoms with Crippen molar-refractivity contribution in [3.05, 3.63) is 29.8 Å². The van der Waals surface area contributed by atoms with Crippen molar-refractivity contribution in [1.82, 2.24) is 4.90 Å². The van der Waals surface area contributed by atoms with Gasteiger partial charge in [-0.25, -0.2) is 0 Å². The van der Waals surface area contributed by atoms with E-state index in [4.69, 9.17) is 4.74 Å². The number of ketones is 1. The van der Waals surface area contributed by atoms with Crippen LogP contribution in [0.3, 0.4) is 0 Å². The standard InChI is InChI=1S/C15H18N2O3/c1-2-16-7-8-20-11(9-16)10-17-13-6-4-3-5-12(13)14(18)15(17)19/h3-6,11H,2,7-10H2,1H3. The molecule has 106 valence electrons. The third kappa shape index (κ3) is 2.23. The number of ether oxygens (including phenoxy) is 1. The zero-order valence-corrected chi connectivity index (χ0v) is 11.5. The van der Waals surface area contributed by atoms with Gasteiger partial charge in [-0.2, -0.15) is 0 Å². The van der Waals surface area contributed by atoms with Crippen LogP contribution in [0.4, 0.5) is 5.69 Å². The normalized spacial score (nSPS) is 23.2. The number of carbonyl (C=O) groups is 2. The van der Waals surface area contributed by atoms with E-state index < -0.39 is 11.7 Å². The summed E-state index contributed by atoms with van der Waals surface area (Å²) >= 11 is 0. The Morgan fingerprint density at radius 2 is 2.10 bits per heavy atom. The van der Waals surface area contributed by atoms with Crippen LogP contribution in [0, 0.1) is 0 Å². The molecule has 20 heavy (non-hydrogen) atoms. The number of morpholine rings is 1. The average molecular weight is 274 g/mol. The summed E-state index contributed by atoms with van der Waals surface area (Å²) in [4.78, 5) is 27.9. The Bertz CT molecular complexity index is 544. The maximum Gasteiger partial charge on any atom is 0.299 e. The molecule has 0 aromatic heterocycles. The number of carbonyl (C=O) groups excluding carboxylic acids is 2. The molecule has 0 aliphatic carbocycles. The van der Waals surface area contributed by atoms with Crippen molar-refractivity contribution in [2.75, 3.05) is 37.7 Å². The highest BCUT2D eigenvalue weighted by atomic mass is 16.5. The van der Waals surface area contributed by atoms with Gasteiger partial charge in [-0.05, 0) is 18.7 Å². The van der Waals surface area contributed by atoms with Gasteiger partial charge in [0.2, 0.25) is 0 Å². The largest absolute Gasteiger partial charge is 0.374 e. The Kier molecular flexibility index (Phi) is 3.54. The number of anilines is 1. The predicted molar refractivity (Wildman–Crippen MR) is 75.0 cm³/mol. The molecule has 0 spiro atoms. The second kappa shape index (κ2) is 5.34. The number of hydrogen-bond acceptors (Lipinski definition) is 4. The summed E-state index contributed by atoms with van der Waals surface area (Å²) < 4.78 is 5.72. The van der Waals surface area contributed by atoms with Gasteiger partial charge in [0.05, 0.1) is 30.5 Å². The van der Waals surface area contributed by atoms with Gasteiger partial charge in [0, 0.05) is 13.1 Å². The molecular weight excluding hydrogens is 256 g/mol. The summed E-state index contributed by atoms with van der Waals surface area (Å²) in [5.41, 5.74) is 1.21. The molecule has 0 bridgehead atoms. The lowest BCUT2D eigenvalue weighted by molar-refractivity contribution is -0.115. The second-order valence-corrected chi connectivity index (χ2v) is 5.15. The van der Waals surface area contributed by atoms with Crippen molar-refractivity contribution < 1.29 is 14.3 Å². The average Bonchev–Trinajstić information content (AvgIpc) is 2.73. The number of hydrogen-bond donors (Lipinski definition) is 0. The predicted octanol–water partition coefficient (Wildman–Crippen LogP) is 0.937. The second-order valence-electron chi connectivity index (χ2n) is 5.15. The van der Waals surface area contributed by atoms with E-state index in [9.17, 15) is 9.59 Å². The van der Waals surface area contributed by atoms with Gasteiger partial charge in [0.25, 0.3) is 11.7 Å². The number of nitrogens with zero attached hydrogens (tertiary/aromatic N) is 2. The van der Waals surface area contributed by atoms with E-state index in [0.717, 1.165) is 19.6 Å². The summed E-state index contributed by atoms with van der Waals surface area (Å²) in [7, 11) is 0. The Balaban J connectivity index is 1.78. The van der Waals surface area contributed by atoms with Crippen molar-refractivity contribution >= 4 is 17.4 Å². The molecule has 2 aliphatic heterocycles. The third-order valence-corrected chi connectivity index (χ3v) is 3.94. The summed E-state index contributed by atoms with van der Waals surface area (Å²) in [6.07, 6.45) is -0.0355. The fourth-order valence-corrected chi connectivity index (χ4v) is 2.81. The summed E-state index contributed by atoms with van der Waals surface area (Å²) in [5.74, 6) is -0.854. The molecular formula is C15H18N2O3. The van der Waals surface area contributed by atoms with E-state index in [0.29, 0.717) is 24.4 Å². The van der Waals surface area contributed by atoms with Crippen LogP contribution in [0.1, 0.15) is 17.3 Å². The van der Waals surface area contributed by atoms with Gasteiger partial charge in [-0.3, -0.25) is 14.5 Å². The molecule has 1 unspecified atom stereocenters. The zero-order chi connectivity index (χ0) is 14.1. The SMILES string of the molecule is CCN1CCOC(CN2C(=O)C(=O)c3ccccc32)C1. The van der Waals surface area contributed by atoms with Crippen LogP contribution in [0.25, 0.3) is 0 Å². The van der Waals surface area contributed by atoms with Crippen LogP contribution in [0.2, 0.25) is 0 Å². The van der Waals surface area contributed by atoms with Gasteiger partial charge in [-0.1, -0.05) is 19.1 Å².